The summed E-state index contributed by atoms with van der Waals surface area (Å²) < 4.78 is 0. The lowest BCUT2D eigenvalue weighted by Crippen LogP contribution is -1.73. The molecule has 1 heterocycles. The first kappa shape index (κ1) is 11.1. The van der Waals surface area contributed by atoms with Crippen LogP contribution in [0.5, 0.6) is 0 Å². The molecule has 0 amide bonds. The van der Waals surface area contributed by atoms with Crippen molar-refractivity contribution in [3.05, 3.63) is 54.6 Å². The minimum absolute atomic E-state index is 1.16. The predicted molar refractivity (Wildman–Crippen MR) is 73.0 cm³/mol. The molecule has 0 spiro atoms. The van der Waals surface area contributed by atoms with Gasteiger partial charge in [-0.3, -0.25) is 0 Å². The molecule has 1 aromatic heterocycles. The number of carbonyl (C=O) groups is 1. The molecule has 3 aromatic rings. The lowest BCUT2D eigenvalue weighted by atomic mass is 10.1. The van der Waals surface area contributed by atoms with Crippen molar-refractivity contribution in [2.45, 2.75) is 0 Å². The summed E-state index contributed by atoms with van der Waals surface area (Å²) in [5, 5.41) is 2.54. The number of H-pyrrole nitrogens is 1. The number of aromatic amines is 1. The summed E-state index contributed by atoms with van der Waals surface area (Å²) in [5.41, 5.74) is 3.51. The van der Waals surface area contributed by atoms with Crippen LogP contribution in [0.25, 0.3) is 27.9 Å². The van der Waals surface area contributed by atoms with Crippen LogP contribution in [0.4, 0.5) is 0 Å². The number of carbonyl (C=O) groups excluding carboxylic acids is 1. The molecule has 0 aliphatic heterocycles. The molecule has 0 aliphatic carbocycles. The van der Waals surface area contributed by atoms with Gasteiger partial charge in [-0.1, -0.05) is 49.1 Å². The number of rotatable bonds is 1. The summed E-state index contributed by atoms with van der Waals surface area (Å²) in [6, 6.07) is 14.6. The minimum Gasteiger partial charge on any atom is -0.354 e. The molecule has 2 aromatic carbocycles. The second-order valence-electron chi connectivity index (χ2n) is 3.64. The van der Waals surface area contributed by atoms with Gasteiger partial charge in [0.25, 0.3) is 0 Å². The molecule has 0 fully saturated rings. The van der Waals surface area contributed by atoms with Crippen molar-refractivity contribution in [3.63, 3.8) is 0 Å². The summed E-state index contributed by atoms with van der Waals surface area (Å²) in [6.45, 7) is 5.83. The standard InChI is InChI=1S/C14H11N.CH2O/c1-2-10-6-5-8-12-11-7-3-4-9-13(11)15-14(10)12;1-2/h2-9,15H,1H2;1H2. The van der Waals surface area contributed by atoms with E-state index in [9.17, 15) is 0 Å². The number of hydrogen-bond acceptors (Lipinski definition) is 1. The van der Waals surface area contributed by atoms with E-state index < -0.39 is 0 Å². The fourth-order valence-electron chi connectivity index (χ4n) is 2.07. The van der Waals surface area contributed by atoms with Crippen molar-refractivity contribution in [1.29, 1.82) is 0 Å². The van der Waals surface area contributed by atoms with E-state index in [2.05, 4.69) is 48.0 Å². The molecule has 0 unspecified atom stereocenters. The summed E-state index contributed by atoms with van der Waals surface area (Å²) >= 11 is 0. The van der Waals surface area contributed by atoms with Crippen LogP contribution in [0.2, 0.25) is 0 Å². The van der Waals surface area contributed by atoms with Gasteiger partial charge in [-0.05, 0) is 11.6 Å². The van der Waals surface area contributed by atoms with E-state index in [0.29, 0.717) is 0 Å². The molecular formula is C15H13NO. The van der Waals surface area contributed by atoms with E-state index in [0.717, 1.165) is 5.56 Å². The Labute approximate surface area is 99.6 Å². The molecule has 3 rings (SSSR count). The van der Waals surface area contributed by atoms with Crippen molar-refractivity contribution in [2.24, 2.45) is 0 Å². The Bertz CT molecular complexity index is 667. The average Bonchev–Trinajstić information content (AvgIpc) is 2.79. The first-order chi connectivity index (χ1) is 8.40. The number of fused-ring (bicyclic) bond motifs is 3. The van der Waals surface area contributed by atoms with Crippen LogP contribution in [0.15, 0.2) is 49.0 Å². The summed E-state index contributed by atoms with van der Waals surface area (Å²) in [4.78, 5) is 11.4. The Morgan fingerprint density at radius 3 is 2.41 bits per heavy atom. The highest BCUT2D eigenvalue weighted by Gasteiger charge is 2.04. The lowest BCUT2D eigenvalue weighted by molar-refractivity contribution is -0.0979. The molecule has 0 bridgehead atoms. The van der Waals surface area contributed by atoms with Gasteiger partial charge in [-0.2, -0.15) is 0 Å². The molecule has 17 heavy (non-hydrogen) atoms. The number of aromatic nitrogens is 1. The number of nitrogens with one attached hydrogen (secondary N) is 1. The van der Waals surface area contributed by atoms with Gasteiger partial charge in [-0.15, -0.1) is 0 Å². The van der Waals surface area contributed by atoms with Gasteiger partial charge in [0.2, 0.25) is 0 Å². The third-order valence-electron chi connectivity index (χ3n) is 2.79. The number of benzene rings is 2. The lowest BCUT2D eigenvalue weighted by Gasteiger charge is -1.94. The first-order valence-electron chi connectivity index (χ1n) is 5.31. The third kappa shape index (κ3) is 1.74. The monoisotopic (exact) mass is 223 g/mol. The Morgan fingerprint density at radius 2 is 1.65 bits per heavy atom. The van der Waals surface area contributed by atoms with Crippen LogP contribution in [0, 0.1) is 0 Å². The van der Waals surface area contributed by atoms with E-state index >= 15 is 0 Å². The van der Waals surface area contributed by atoms with Crippen LogP contribution in [0.1, 0.15) is 5.56 Å². The minimum atomic E-state index is 1.16. The maximum absolute atomic E-state index is 8.00. The maximum atomic E-state index is 8.00. The quantitative estimate of drug-likeness (QED) is 0.669. The highest BCUT2D eigenvalue weighted by molar-refractivity contribution is 6.09. The first-order valence-corrected chi connectivity index (χ1v) is 5.31. The van der Waals surface area contributed by atoms with Crippen LogP contribution < -0.4 is 0 Å². The molecule has 0 aliphatic rings. The second kappa shape index (κ2) is 4.66. The van der Waals surface area contributed by atoms with E-state index in [1.54, 1.807) is 0 Å². The van der Waals surface area contributed by atoms with E-state index in [1.807, 2.05) is 18.9 Å². The zero-order chi connectivity index (χ0) is 12.3. The second-order valence-corrected chi connectivity index (χ2v) is 3.64. The molecule has 1 N–H and O–H groups in total. The highest BCUT2D eigenvalue weighted by Crippen LogP contribution is 2.27. The van der Waals surface area contributed by atoms with Crippen molar-refractivity contribution < 1.29 is 4.79 Å². The van der Waals surface area contributed by atoms with Crippen LogP contribution in [0.3, 0.4) is 0 Å². The molecule has 0 radical (unpaired) electrons. The smallest absolute Gasteiger partial charge is 0.106 e. The zero-order valence-corrected chi connectivity index (χ0v) is 9.44. The van der Waals surface area contributed by atoms with Gasteiger partial charge in [0.15, 0.2) is 0 Å². The molecule has 2 nitrogen and oxygen atoms in total. The van der Waals surface area contributed by atoms with Gasteiger partial charge >= 0.3 is 0 Å². The van der Waals surface area contributed by atoms with Crippen molar-refractivity contribution >= 4 is 34.7 Å². The Kier molecular flexibility index (Phi) is 3.06. The van der Waals surface area contributed by atoms with Gasteiger partial charge in [0.05, 0.1) is 5.52 Å². The highest BCUT2D eigenvalue weighted by atomic mass is 16.1. The van der Waals surface area contributed by atoms with Crippen molar-refractivity contribution in [1.82, 2.24) is 4.98 Å². The van der Waals surface area contributed by atoms with Crippen LogP contribution in [-0.2, 0) is 4.79 Å². The molecule has 2 heteroatoms. The normalized spacial score (nSPS) is 9.88. The molecule has 0 saturated heterocycles. The van der Waals surface area contributed by atoms with E-state index in [1.165, 1.54) is 21.8 Å². The average molecular weight is 223 g/mol. The topological polar surface area (TPSA) is 32.9 Å². The summed E-state index contributed by atoms with van der Waals surface area (Å²) in [6.07, 6.45) is 1.89. The third-order valence-corrected chi connectivity index (χ3v) is 2.79. The van der Waals surface area contributed by atoms with Crippen LogP contribution in [-0.4, -0.2) is 11.8 Å². The molecule has 0 atom stereocenters. The SMILES string of the molecule is C=Cc1cccc2c1[nH]c1ccccc12.C=O. The van der Waals surface area contributed by atoms with Gasteiger partial charge in [0.1, 0.15) is 6.79 Å². The van der Waals surface area contributed by atoms with Crippen molar-refractivity contribution in [2.75, 3.05) is 0 Å². The molecule has 0 saturated carbocycles. The Balaban J connectivity index is 0.000000514. The maximum Gasteiger partial charge on any atom is 0.106 e. The largest absolute Gasteiger partial charge is 0.354 e. The van der Waals surface area contributed by atoms with Crippen molar-refractivity contribution in [3.8, 4) is 0 Å². The fourth-order valence-corrected chi connectivity index (χ4v) is 2.07. The van der Waals surface area contributed by atoms with Crippen LogP contribution >= 0.6 is 0 Å². The summed E-state index contributed by atoms with van der Waals surface area (Å²) in [7, 11) is 0. The van der Waals surface area contributed by atoms with E-state index in [4.69, 9.17) is 4.79 Å². The predicted octanol–water partition coefficient (Wildman–Crippen LogP) is 3.78. The van der Waals surface area contributed by atoms with Gasteiger partial charge in [-0.25, -0.2) is 0 Å². The van der Waals surface area contributed by atoms with E-state index in [-0.39, 0.29) is 0 Å². The van der Waals surface area contributed by atoms with Gasteiger partial charge in [0, 0.05) is 16.3 Å². The number of hydrogen-bond donors (Lipinski definition) is 1. The zero-order valence-electron chi connectivity index (χ0n) is 9.44. The molecule has 84 valence electrons. The fraction of sp³-hybridized carbons (Fsp3) is 0. The van der Waals surface area contributed by atoms with Gasteiger partial charge < -0.3 is 9.78 Å². The summed E-state index contributed by atoms with van der Waals surface area (Å²) in [5.74, 6) is 0. The Hall–Kier alpha value is -2.35. The number of para-hydroxylation sites is 2. The molecular weight excluding hydrogens is 210 g/mol. The Morgan fingerprint density at radius 1 is 0.941 bits per heavy atom.